The maximum Gasteiger partial charge on any atom is 0.354 e. The zero-order valence-corrected chi connectivity index (χ0v) is 11.5. The van der Waals surface area contributed by atoms with Gasteiger partial charge in [-0.3, -0.25) is 0 Å². The van der Waals surface area contributed by atoms with E-state index in [0.717, 1.165) is 17.7 Å². The number of aryl methyl sites for hydroxylation is 1. The minimum atomic E-state index is -1.02. The van der Waals surface area contributed by atoms with Crippen molar-refractivity contribution in [1.82, 2.24) is 9.78 Å². The van der Waals surface area contributed by atoms with E-state index in [9.17, 15) is 9.90 Å². The fraction of sp³-hybridized carbons (Fsp3) is 0.125. The molecule has 0 aliphatic heterocycles. The molecule has 0 unspecified atom stereocenters. The van der Waals surface area contributed by atoms with Gasteiger partial charge in [0.25, 0.3) is 0 Å². The molecule has 0 saturated heterocycles. The van der Waals surface area contributed by atoms with Crippen LogP contribution in [0.2, 0.25) is 0 Å². The number of para-hydroxylation sites is 1. The lowest BCUT2D eigenvalue weighted by Crippen LogP contribution is -2.09. The average molecular weight is 282 g/mol. The molecule has 3 aromatic rings. The summed E-state index contributed by atoms with van der Waals surface area (Å²) in [6.07, 6.45) is 2.33. The number of hydrogen-bond acceptors (Lipinski definition) is 3. The molecule has 0 fully saturated rings. The van der Waals surface area contributed by atoms with Crippen molar-refractivity contribution in [3.05, 3.63) is 60.0 Å². The monoisotopic (exact) mass is 282 g/mol. The highest BCUT2D eigenvalue weighted by Crippen LogP contribution is 2.24. The van der Waals surface area contributed by atoms with Crippen molar-refractivity contribution < 1.29 is 14.3 Å². The lowest BCUT2D eigenvalue weighted by Gasteiger charge is -2.09. The Morgan fingerprint density at radius 2 is 2.10 bits per heavy atom. The maximum atomic E-state index is 11.5. The van der Waals surface area contributed by atoms with Crippen LogP contribution in [0.25, 0.3) is 17.1 Å². The van der Waals surface area contributed by atoms with Gasteiger partial charge in [-0.05, 0) is 30.2 Å². The Bertz CT molecular complexity index is 773. The first-order valence-electron chi connectivity index (χ1n) is 6.66. The third-order valence-corrected chi connectivity index (χ3v) is 3.30. The molecular formula is C16H14N2O3. The molecule has 0 atom stereocenters. The van der Waals surface area contributed by atoms with E-state index in [0.29, 0.717) is 11.5 Å². The van der Waals surface area contributed by atoms with Crippen LogP contribution >= 0.6 is 0 Å². The molecular weight excluding hydrogens is 268 g/mol. The van der Waals surface area contributed by atoms with Gasteiger partial charge < -0.3 is 9.52 Å². The number of aromatic nitrogens is 2. The second kappa shape index (κ2) is 5.28. The van der Waals surface area contributed by atoms with Crippen molar-refractivity contribution in [2.75, 3.05) is 0 Å². The van der Waals surface area contributed by atoms with E-state index in [-0.39, 0.29) is 5.69 Å². The Balaban J connectivity index is 2.19. The predicted molar refractivity (Wildman–Crippen MR) is 77.6 cm³/mol. The minimum absolute atomic E-state index is 0.113. The topological polar surface area (TPSA) is 68.3 Å². The number of furan rings is 1. The second-order valence-electron chi connectivity index (χ2n) is 4.59. The summed E-state index contributed by atoms with van der Waals surface area (Å²) < 4.78 is 6.75. The third kappa shape index (κ3) is 2.33. The van der Waals surface area contributed by atoms with Crippen LogP contribution in [0, 0.1) is 0 Å². The van der Waals surface area contributed by atoms with Crippen molar-refractivity contribution in [2.24, 2.45) is 0 Å². The quantitative estimate of drug-likeness (QED) is 0.796. The molecule has 0 spiro atoms. The highest BCUT2D eigenvalue weighted by Gasteiger charge is 2.19. The molecule has 0 radical (unpaired) electrons. The van der Waals surface area contributed by atoms with Crippen LogP contribution < -0.4 is 0 Å². The van der Waals surface area contributed by atoms with Gasteiger partial charge in [0.05, 0.1) is 12.0 Å². The highest BCUT2D eigenvalue weighted by atomic mass is 16.4. The number of nitrogens with zero attached hydrogens (tertiary/aromatic N) is 2. The number of benzene rings is 1. The van der Waals surface area contributed by atoms with Crippen LogP contribution in [-0.2, 0) is 6.42 Å². The van der Waals surface area contributed by atoms with E-state index >= 15 is 0 Å². The van der Waals surface area contributed by atoms with Gasteiger partial charge in [0.1, 0.15) is 5.69 Å². The molecule has 2 heterocycles. The van der Waals surface area contributed by atoms with Gasteiger partial charge in [-0.15, -0.1) is 0 Å². The molecule has 1 N–H and O–H groups in total. The van der Waals surface area contributed by atoms with Crippen LogP contribution in [0.4, 0.5) is 0 Å². The molecule has 0 bridgehead atoms. The molecule has 3 rings (SSSR count). The van der Waals surface area contributed by atoms with Gasteiger partial charge in [-0.2, -0.15) is 5.10 Å². The van der Waals surface area contributed by atoms with E-state index in [1.54, 1.807) is 12.1 Å². The van der Waals surface area contributed by atoms with E-state index in [1.807, 2.05) is 31.2 Å². The van der Waals surface area contributed by atoms with Crippen LogP contribution in [0.1, 0.15) is 23.0 Å². The molecule has 0 amide bonds. The number of aromatic carboxylic acids is 1. The molecule has 21 heavy (non-hydrogen) atoms. The summed E-state index contributed by atoms with van der Waals surface area (Å²) in [7, 11) is 0. The summed E-state index contributed by atoms with van der Waals surface area (Å²) in [5.74, 6) is -0.476. The Morgan fingerprint density at radius 1 is 1.29 bits per heavy atom. The van der Waals surface area contributed by atoms with Crippen LogP contribution in [0.5, 0.6) is 0 Å². The molecule has 0 aliphatic rings. The van der Waals surface area contributed by atoms with Gasteiger partial charge in [0.2, 0.25) is 0 Å². The first-order chi connectivity index (χ1) is 10.2. The smallest absolute Gasteiger partial charge is 0.354 e. The van der Waals surface area contributed by atoms with E-state index in [4.69, 9.17) is 4.42 Å². The van der Waals surface area contributed by atoms with Gasteiger partial charge in [0, 0.05) is 6.07 Å². The molecule has 0 aliphatic carbocycles. The second-order valence-corrected chi connectivity index (χ2v) is 4.59. The SMILES string of the molecule is CCc1ccccc1-n1nc(-c2ccco2)cc1C(=O)O. The van der Waals surface area contributed by atoms with Crippen molar-refractivity contribution in [3.8, 4) is 17.1 Å². The van der Waals surface area contributed by atoms with Gasteiger partial charge >= 0.3 is 5.97 Å². The van der Waals surface area contributed by atoms with Crippen LogP contribution in [0.15, 0.2) is 53.1 Å². The molecule has 5 nitrogen and oxygen atoms in total. The summed E-state index contributed by atoms with van der Waals surface area (Å²) in [6, 6.07) is 12.7. The molecule has 1 aromatic carbocycles. The minimum Gasteiger partial charge on any atom is -0.477 e. The number of rotatable bonds is 4. The lowest BCUT2D eigenvalue weighted by molar-refractivity contribution is 0.0687. The normalized spacial score (nSPS) is 10.7. The first-order valence-corrected chi connectivity index (χ1v) is 6.66. The standard InChI is InChI=1S/C16H14N2O3/c1-2-11-6-3-4-7-13(11)18-14(16(19)20)10-12(17-18)15-8-5-9-21-15/h3-10H,2H2,1H3,(H,19,20). The number of carboxylic acids is 1. The Hall–Kier alpha value is -2.82. The summed E-state index contributed by atoms with van der Waals surface area (Å²) in [6.45, 7) is 2.02. The Kier molecular flexibility index (Phi) is 3.31. The van der Waals surface area contributed by atoms with E-state index in [1.165, 1.54) is 17.0 Å². The summed E-state index contributed by atoms with van der Waals surface area (Å²) in [4.78, 5) is 11.5. The predicted octanol–water partition coefficient (Wildman–Crippen LogP) is 3.39. The highest BCUT2D eigenvalue weighted by molar-refractivity contribution is 5.88. The number of carbonyl (C=O) groups is 1. The van der Waals surface area contributed by atoms with Crippen molar-refractivity contribution in [2.45, 2.75) is 13.3 Å². The largest absolute Gasteiger partial charge is 0.477 e. The molecule has 5 heteroatoms. The Labute approximate surface area is 121 Å². The zero-order chi connectivity index (χ0) is 14.8. The maximum absolute atomic E-state index is 11.5. The number of hydrogen-bond donors (Lipinski definition) is 1. The van der Waals surface area contributed by atoms with Crippen LogP contribution in [0.3, 0.4) is 0 Å². The van der Waals surface area contributed by atoms with Crippen molar-refractivity contribution in [1.29, 1.82) is 0 Å². The first kappa shape index (κ1) is 13.2. The van der Waals surface area contributed by atoms with E-state index < -0.39 is 5.97 Å². The molecule has 2 aromatic heterocycles. The fourth-order valence-corrected chi connectivity index (χ4v) is 2.28. The summed E-state index contributed by atoms with van der Waals surface area (Å²) >= 11 is 0. The van der Waals surface area contributed by atoms with Gasteiger partial charge in [-0.1, -0.05) is 25.1 Å². The van der Waals surface area contributed by atoms with Gasteiger partial charge in [0.15, 0.2) is 11.5 Å². The fourth-order valence-electron chi connectivity index (χ4n) is 2.28. The Morgan fingerprint density at radius 3 is 2.76 bits per heavy atom. The molecule has 106 valence electrons. The zero-order valence-electron chi connectivity index (χ0n) is 11.5. The van der Waals surface area contributed by atoms with Crippen LogP contribution in [-0.4, -0.2) is 20.9 Å². The lowest BCUT2D eigenvalue weighted by atomic mass is 10.1. The summed E-state index contributed by atoms with van der Waals surface area (Å²) in [5.41, 5.74) is 2.43. The third-order valence-electron chi connectivity index (χ3n) is 3.30. The van der Waals surface area contributed by atoms with E-state index in [2.05, 4.69) is 5.10 Å². The summed E-state index contributed by atoms with van der Waals surface area (Å²) in [5, 5.41) is 13.8. The average Bonchev–Trinajstić information content (AvgIpc) is 3.16. The van der Waals surface area contributed by atoms with Crippen molar-refractivity contribution >= 4 is 5.97 Å². The van der Waals surface area contributed by atoms with Crippen molar-refractivity contribution in [3.63, 3.8) is 0 Å². The molecule has 0 saturated carbocycles. The number of carboxylic acid groups (broad SMARTS) is 1. The van der Waals surface area contributed by atoms with Gasteiger partial charge in [-0.25, -0.2) is 9.48 Å².